The maximum atomic E-state index is 11.5. The maximum absolute atomic E-state index is 11.5. The molecule has 76 valence electrons. The van der Waals surface area contributed by atoms with Crippen LogP contribution in [0, 0.1) is 0 Å². The molecule has 5 nitrogen and oxygen atoms in total. The molecule has 0 aliphatic heterocycles. The number of nitrogens with one attached hydrogen (secondary N) is 1. The first-order valence-electron chi connectivity index (χ1n) is 4.28. The highest BCUT2D eigenvalue weighted by atomic mass is 16.5. The summed E-state index contributed by atoms with van der Waals surface area (Å²) in [5.74, 6) is 0.549. The Morgan fingerprint density at radius 3 is 2.87 bits per heavy atom. The molecule has 2 rings (SSSR count). The summed E-state index contributed by atoms with van der Waals surface area (Å²) in [7, 11) is 1.50. The van der Waals surface area contributed by atoms with Crippen LogP contribution in [0.4, 0.5) is 0 Å². The molecule has 0 fully saturated rings. The van der Waals surface area contributed by atoms with E-state index in [1.54, 1.807) is 18.2 Å². The summed E-state index contributed by atoms with van der Waals surface area (Å²) in [5, 5.41) is 0.330. The van der Waals surface area contributed by atoms with Gasteiger partial charge < -0.3 is 9.72 Å². The van der Waals surface area contributed by atoms with Gasteiger partial charge in [0.15, 0.2) is 0 Å². The Bertz CT molecular complexity index is 619. The van der Waals surface area contributed by atoms with Gasteiger partial charge in [-0.15, -0.1) is 0 Å². The first-order valence-corrected chi connectivity index (χ1v) is 4.28. The smallest absolute Gasteiger partial charge is 0.279 e. The van der Waals surface area contributed by atoms with Gasteiger partial charge in [0.1, 0.15) is 5.75 Å². The van der Waals surface area contributed by atoms with Crippen LogP contribution in [0.1, 0.15) is 0 Å². The summed E-state index contributed by atoms with van der Waals surface area (Å²) in [6.07, 6.45) is 0.967. The summed E-state index contributed by atoms with van der Waals surface area (Å²) < 4.78 is 4.98. The number of aromatic nitrogens is 2. The fourth-order valence-electron chi connectivity index (χ4n) is 1.29. The van der Waals surface area contributed by atoms with Gasteiger partial charge >= 0.3 is 0 Å². The molecular formula is C10H8N2O3. The molecule has 15 heavy (non-hydrogen) atoms. The van der Waals surface area contributed by atoms with Crippen molar-refractivity contribution in [3.05, 3.63) is 45.1 Å². The van der Waals surface area contributed by atoms with Crippen molar-refractivity contribution in [1.29, 1.82) is 0 Å². The van der Waals surface area contributed by atoms with E-state index < -0.39 is 11.1 Å². The van der Waals surface area contributed by atoms with Gasteiger partial charge in [0, 0.05) is 0 Å². The molecule has 5 heteroatoms. The maximum Gasteiger partial charge on any atom is 0.279 e. The lowest BCUT2D eigenvalue weighted by Crippen LogP contribution is -2.02. The third-order valence-corrected chi connectivity index (χ3v) is 2.01. The van der Waals surface area contributed by atoms with Crippen molar-refractivity contribution >= 4 is 10.9 Å². The number of benzene rings is 1. The molecule has 0 saturated heterocycles. The second-order valence-corrected chi connectivity index (χ2v) is 2.96. The van der Waals surface area contributed by atoms with Gasteiger partial charge in [0.05, 0.1) is 24.2 Å². The number of aromatic amines is 1. The van der Waals surface area contributed by atoms with Crippen molar-refractivity contribution in [2.45, 2.75) is 0 Å². The van der Waals surface area contributed by atoms with Crippen molar-refractivity contribution in [3.63, 3.8) is 0 Å². The SMILES string of the molecule is COc1ccc2[nH]c(=O)cnc(=O)c2c1. The standard InChI is InChI=1S/C10H8N2O3/c1-15-6-2-3-8-7(4-6)10(14)11-5-9(13)12-8/h2-5H,1H3,(H,12,13). The molecule has 2 aromatic rings. The molecule has 0 bridgehead atoms. The zero-order valence-electron chi connectivity index (χ0n) is 7.98. The summed E-state index contributed by atoms with van der Waals surface area (Å²) in [4.78, 5) is 28.6. The van der Waals surface area contributed by atoms with Crippen LogP contribution in [0.15, 0.2) is 34.0 Å². The Hall–Kier alpha value is -2.17. The van der Waals surface area contributed by atoms with Crippen LogP contribution in [0.2, 0.25) is 0 Å². The highest BCUT2D eigenvalue weighted by Crippen LogP contribution is 2.14. The van der Waals surface area contributed by atoms with E-state index >= 15 is 0 Å². The van der Waals surface area contributed by atoms with E-state index in [1.165, 1.54) is 7.11 Å². The minimum atomic E-state index is -0.456. The van der Waals surface area contributed by atoms with E-state index in [-0.39, 0.29) is 0 Å². The van der Waals surface area contributed by atoms with E-state index in [2.05, 4.69) is 9.97 Å². The minimum absolute atomic E-state index is 0.330. The molecule has 1 N–H and O–H groups in total. The Balaban J connectivity index is 2.95. The summed E-state index contributed by atoms with van der Waals surface area (Å²) in [5.41, 5.74) is -0.419. The fourth-order valence-corrected chi connectivity index (χ4v) is 1.29. The van der Waals surface area contributed by atoms with Gasteiger partial charge in [-0.25, -0.2) is 4.98 Å². The second kappa shape index (κ2) is 3.53. The number of rotatable bonds is 1. The number of hydrogen-bond acceptors (Lipinski definition) is 4. The van der Waals surface area contributed by atoms with Crippen molar-refractivity contribution < 1.29 is 4.74 Å². The van der Waals surface area contributed by atoms with Gasteiger partial charge in [0.25, 0.3) is 11.1 Å². The minimum Gasteiger partial charge on any atom is -0.497 e. The lowest BCUT2D eigenvalue weighted by atomic mass is 10.2. The number of H-pyrrole nitrogens is 1. The zero-order valence-corrected chi connectivity index (χ0v) is 7.98. The largest absolute Gasteiger partial charge is 0.497 e. The van der Waals surface area contributed by atoms with E-state index in [0.717, 1.165) is 6.20 Å². The Morgan fingerprint density at radius 1 is 1.33 bits per heavy atom. The van der Waals surface area contributed by atoms with Crippen LogP contribution in [0.3, 0.4) is 0 Å². The normalized spacial score (nSPS) is 10.2. The Labute approximate surface area is 84.4 Å². The predicted octanol–water partition coefficient (Wildman–Crippen LogP) is 0.292. The molecule has 0 unspecified atom stereocenters. The van der Waals surface area contributed by atoms with Crippen LogP contribution in [0.5, 0.6) is 5.75 Å². The van der Waals surface area contributed by atoms with Gasteiger partial charge in [-0.1, -0.05) is 0 Å². The number of fused-ring (bicyclic) bond motifs is 1. The third-order valence-electron chi connectivity index (χ3n) is 2.01. The highest BCUT2D eigenvalue weighted by molar-refractivity contribution is 5.78. The molecule has 1 aromatic heterocycles. The van der Waals surface area contributed by atoms with Crippen molar-refractivity contribution in [2.75, 3.05) is 7.11 Å². The zero-order chi connectivity index (χ0) is 10.8. The first kappa shape index (κ1) is 9.39. The molecular weight excluding hydrogens is 196 g/mol. The molecule has 0 amide bonds. The van der Waals surface area contributed by atoms with Crippen molar-refractivity contribution in [3.8, 4) is 5.75 Å². The molecule has 0 spiro atoms. The van der Waals surface area contributed by atoms with Gasteiger partial charge in [0.2, 0.25) is 0 Å². The van der Waals surface area contributed by atoms with Crippen LogP contribution in [-0.2, 0) is 0 Å². The Kier molecular flexibility index (Phi) is 2.21. The average molecular weight is 204 g/mol. The Morgan fingerprint density at radius 2 is 2.13 bits per heavy atom. The lowest BCUT2D eigenvalue weighted by Gasteiger charge is -1.98. The molecule has 0 aliphatic carbocycles. The summed E-state index contributed by atoms with van der Waals surface area (Å²) in [6.45, 7) is 0. The quantitative estimate of drug-likeness (QED) is 0.724. The van der Waals surface area contributed by atoms with E-state index in [0.29, 0.717) is 16.7 Å². The third kappa shape index (κ3) is 1.71. The first-order chi connectivity index (χ1) is 7.20. The number of methoxy groups -OCH3 is 1. The van der Waals surface area contributed by atoms with Crippen LogP contribution in [0.25, 0.3) is 10.9 Å². The predicted molar refractivity (Wildman–Crippen MR) is 55.2 cm³/mol. The van der Waals surface area contributed by atoms with E-state index in [1.807, 2.05) is 0 Å². The number of hydrogen-bond donors (Lipinski definition) is 1. The van der Waals surface area contributed by atoms with E-state index in [4.69, 9.17) is 4.74 Å². The molecule has 0 atom stereocenters. The average Bonchev–Trinajstić information content (AvgIpc) is 2.39. The molecule has 1 aromatic carbocycles. The molecule has 0 saturated carbocycles. The van der Waals surface area contributed by atoms with Gasteiger partial charge in [-0.2, -0.15) is 0 Å². The van der Waals surface area contributed by atoms with Crippen molar-refractivity contribution in [2.24, 2.45) is 0 Å². The monoisotopic (exact) mass is 204 g/mol. The van der Waals surface area contributed by atoms with E-state index in [9.17, 15) is 9.59 Å². The van der Waals surface area contributed by atoms with Crippen LogP contribution < -0.4 is 15.9 Å². The number of nitrogens with zero attached hydrogens (tertiary/aromatic N) is 1. The lowest BCUT2D eigenvalue weighted by molar-refractivity contribution is 0.415. The van der Waals surface area contributed by atoms with Crippen LogP contribution in [-0.4, -0.2) is 17.1 Å². The van der Waals surface area contributed by atoms with Crippen LogP contribution >= 0.6 is 0 Å². The fraction of sp³-hybridized carbons (Fsp3) is 0.100. The second-order valence-electron chi connectivity index (χ2n) is 2.96. The molecule has 1 heterocycles. The van der Waals surface area contributed by atoms with Crippen molar-refractivity contribution in [1.82, 2.24) is 9.97 Å². The molecule has 0 aliphatic rings. The van der Waals surface area contributed by atoms with Gasteiger partial charge in [-0.3, -0.25) is 9.59 Å². The highest BCUT2D eigenvalue weighted by Gasteiger charge is 2.00. The summed E-state index contributed by atoms with van der Waals surface area (Å²) >= 11 is 0. The number of ether oxygens (including phenoxy) is 1. The topological polar surface area (TPSA) is 72.1 Å². The van der Waals surface area contributed by atoms with Gasteiger partial charge in [-0.05, 0) is 18.2 Å². The summed E-state index contributed by atoms with van der Waals surface area (Å²) in [6, 6.07) is 4.82. The molecule has 0 radical (unpaired) electrons.